The van der Waals surface area contributed by atoms with Gasteiger partial charge in [-0.25, -0.2) is 9.59 Å². The quantitative estimate of drug-likeness (QED) is 0.325. The minimum atomic E-state index is -0.641. The van der Waals surface area contributed by atoms with Crippen LogP contribution in [0.1, 0.15) is 27.6 Å². The maximum absolute atomic E-state index is 12.7. The zero-order valence-corrected chi connectivity index (χ0v) is 18.2. The van der Waals surface area contributed by atoms with Gasteiger partial charge in [0.2, 0.25) is 5.76 Å². The minimum absolute atomic E-state index is 0.00861. The molecule has 0 unspecified atom stereocenters. The number of halogens is 1. The number of urea groups is 1. The van der Waals surface area contributed by atoms with Gasteiger partial charge in [-0.2, -0.15) is 0 Å². The van der Waals surface area contributed by atoms with Gasteiger partial charge in [0.1, 0.15) is 23.0 Å². The Hall–Kier alpha value is -3.59. The highest BCUT2D eigenvalue weighted by Gasteiger charge is 2.34. The fraction of sp³-hybridized carbons (Fsp3) is 0.136. The van der Waals surface area contributed by atoms with E-state index in [4.69, 9.17) is 8.83 Å². The fourth-order valence-electron chi connectivity index (χ4n) is 3.08. The Morgan fingerprint density at radius 1 is 1.16 bits per heavy atom. The SMILES string of the molecule is COC(=O)c1ccc(CN2C(=O)NC(=Cc3ccc(-c4ccc(C)cc4Br)o3)C2=O)o1. The molecule has 1 aromatic carbocycles. The van der Waals surface area contributed by atoms with Gasteiger partial charge in [-0.15, -0.1) is 0 Å². The number of nitrogens with one attached hydrogen (secondary N) is 1. The van der Waals surface area contributed by atoms with Gasteiger partial charge >= 0.3 is 12.0 Å². The van der Waals surface area contributed by atoms with E-state index in [1.54, 1.807) is 12.1 Å². The highest BCUT2D eigenvalue weighted by Crippen LogP contribution is 2.31. The van der Waals surface area contributed by atoms with Crippen molar-refractivity contribution in [1.82, 2.24) is 10.2 Å². The van der Waals surface area contributed by atoms with Crippen LogP contribution in [-0.2, 0) is 16.1 Å². The molecular formula is C22H17BrN2O6. The molecule has 3 aromatic rings. The number of amides is 3. The average molecular weight is 485 g/mol. The number of methoxy groups -OCH3 is 1. The first-order valence-electron chi connectivity index (χ1n) is 9.23. The van der Waals surface area contributed by atoms with Crippen LogP contribution >= 0.6 is 15.9 Å². The van der Waals surface area contributed by atoms with Crippen LogP contribution in [0.4, 0.5) is 4.79 Å². The summed E-state index contributed by atoms with van der Waals surface area (Å²) in [7, 11) is 1.23. The lowest BCUT2D eigenvalue weighted by Gasteiger charge is -2.09. The second-order valence-corrected chi connectivity index (χ2v) is 7.68. The monoisotopic (exact) mass is 484 g/mol. The normalized spacial score (nSPS) is 14.9. The third-order valence-corrected chi connectivity index (χ3v) is 5.28. The van der Waals surface area contributed by atoms with Crippen LogP contribution in [0.3, 0.4) is 0 Å². The maximum Gasteiger partial charge on any atom is 0.373 e. The van der Waals surface area contributed by atoms with E-state index in [1.165, 1.54) is 25.3 Å². The average Bonchev–Trinajstić information content (AvgIpc) is 3.45. The van der Waals surface area contributed by atoms with Crippen molar-refractivity contribution in [2.24, 2.45) is 0 Å². The van der Waals surface area contributed by atoms with Crippen LogP contribution in [-0.4, -0.2) is 29.9 Å². The number of hydrogen-bond donors (Lipinski definition) is 1. The van der Waals surface area contributed by atoms with Crippen molar-refractivity contribution in [1.29, 1.82) is 0 Å². The van der Waals surface area contributed by atoms with Crippen molar-refractivity contribution < 1.29 is 28.0 Å². The molecular weight excluding hydrogens is 468 g/mol. The Bertz CT molecular complexity index is 1220. The molecule has 9 heteroatoms. The van der Waals surface area contributed by atoms with Crippen molar-refractivity contribution in [2.45, 2.75) is 13.5 Å². The Morgan fingerprint density at radius 3 is 2.71 bits per heavy atom. The second kappa shape index (κ2) is 8.27. The van der Waals surface area contributed by atoms with Crippen molar-refractivity contribution in [2.75, 3.05) is 7.11 Å². The van der Waals surface area contributed by atoms with Crippen LogP contribution in [0.2, 0.25) is 0 Å². The van der Waals surface area contributed by atoms with E-state index in [-0.39, 0.29) is 23.8 Å². The van der Waals surface area contributed by atoms with E-state index in [1.807, 2.05) is 25.1 Å². The third-order valence-electron chi connectivity index (χ3n) is 4.63. The molecule has 4 rings (SSSR count). The van der Waals surface area contributed by atoms with E-state index in [2.05, 4.69) is 26.0 Å². The van der Waals surface area contributed by atoms with Crippen molar-refractivity contribution in [3.63, 3.8) is 0 Å². The molecule has 158 valence electrons. The van der Waals surface area contributed by atoms with Crippen LogP contribution in [0.15, 0.2) is 61.5 Å². The molecule has 3 amide bonds. The molecule has 1 aliphatic rings. The summed E-state index contributed by atoms with van der Waals surface area (Å²) in [4.78, 5) is 37.4. The summed E-state index contributed by atoms with van der Waals surface area (Å²) in [5.74, 6) is 0.131. The molecule has 0 bridgehead atoms. The molecule has 1 N–H and O–H groups in total. The predicted molar refractivity (Wildman–Crippen MR) is 114 cm³/mol. The summed E-state index contributed by atoms with van der Waals surface area (Å²) < 4.78 is 16.6. The lowest BCUT2D eigenvalue weighted by Crippen LogP contribution is -2.30. The molecule has 3 heterocycles. The molecule has 1 aliphatic heterocycles. The van der Waals surface area contributed by atoms with E-state index in [0.717, 1.165) is 20.5 Å². The number of aryl methyl sites for hydroxylation is 1. The van der Waals surface area contributed by atoms with E-state index in [9.17, 15) is 14.4 Å². The second-order valence-electron chi connectivity index (χ2n) is 6.82. The number of hydrogen-bond acceptors (Lipinski definition) is 6. The highest BCUT2D eigenvalue weighted by molar-refractivity contribution is 9.10. The number of benzene rings is 1. The van der Waals surface area contributed by atoms with Gasteiger partial charge in [-0.3, -0.25) is 9.69 Å². The largest absolute Gasteiger partial charge is 0.463 e. The molecule has 0 saturated carbocycles. The number of imide groups is 1. The maximum atomic E-state index is 12.7. The minimum Gasteiger partial charge on any atom is -0.463 e. The number of furan rings is 2. The molecule has 1 saturated heterocycles. The standard InChI is InChI=1S/C22H17BrN2O6/c1-12-3-6-15(16(23)9-12)18-7-4-13(30-18)10-17-20(26)25(22(28)24-17)11-14-5-8-19(31-14)21(27)29-2/h3-10H,11H2,1-2H3,(H,24,28). The summed E-state index contributed by atoms with van der Waals surface area (Å²) in [6.45, 7) is 1.87. The number of rotatable bonds is 5. The fourth-order valence-corrected chi connectivity index (χ4v) is 3.77. The third kappa shape index (κ3) is 4.17. The van der Waals surface area contributed by atoms with Crippen molar-refractivity contribution in [3.05, 3.63) is 75.5 Å². The Labute approximate surface area is 185 Å². The molecule has 2 aromatic heterocycles. The number of esters is 1. The lowest BCUT2D eigenvalue weighted by molar-refractivity contribution is -0.123. The molecule has 0 spiro atoms. The predicted octanol–water partition coefficient (Wildman–Crippen LogP) is 4.49. The molecule has 31 heavy (non-hydrogen) atoms. The smallest absolute Gasteiger partial charge is 0.373 e. The van der Waals surface area contributed by atoms with Gasteiger partial charge in [-0.1, -0.05) is 22.0 Å². The topological polar surface area (TPSA) is 102 Å². The summed E-state index contributed by atoms with van der Waals surface area (Å²) in [6, 6.07) is 11.7. The Morgan fingerprint density at radius 2 is 1.97 bits per heavy atom. The van der Waals surface area contributed by atoms with Gasteiger partial charge in [0.15, 0.2) is 0 Å². The summed E-state index contributed by atoms with van der Waals surface area (Å²) in [5, 5.41) is 2.53. The van der Waals surface area contributed by atoms with Crippen LogP contribution < -0.4 is 5.32 Å². The summed E-state index contributed by atoms with van der Waals surface area (Å²) in [6.07, 6.45) is 1.47. The van der Waals surface area contributed by atoms with E-state index < -0.39 is 17.9 Å². The van der Waals surface area contributed by atoms with Gasteiger partial charge in [0.05, 0.1) is 13.7 Å². The Kier molecular flexibility index (Phi) is 5.51. The van der Waals surface area contributed by atoms with E-state index >= 15 is 0 Å². The molecule has 0 atom stereocenters. The number of ether oxygens (including phenoxy) is 1. The molecule has 1 fully saturated rings. The van der Waals surface area contributed by atoms with Crippen LogP contribution in [0.5, 0.6) is 0 Å². The molecule has 0 radical (unpaired) electrons. The van der Waals surface area contributed by atoms with Crippen molar-refractivity contribution in [3.8, 4) is 11.3 Å². The van der Waals surface area contributed by atoms with Gasteiger partial charge < -0.3 is 18.9 Å². The first kappa shape index (κ1) is 20.7. The number of carbonyl (C=O) groups excluding carboxylic acids is 3. The van der Waals surface area contributed by atoms with Crippen molar-refractivity contribution >= 4 is 39.9 Å². The molecule has 8 nitrogen and oxygen atoms in total. The first-order chi connectivity index (χ1) is 14.9. The number of nitrogens with zero attached hydrogens (tertiary/aromatic N) is 1. The number of carbonyl (C=O) groups is 3. The lowest BCUT2D eigenvalue weighted by atomic mass is 10.1. The van der Waals surface area contributed by atoms with Crippen LogP contribution in [0.25, 0.3) is 17.4 Å². The zero-order chi connectivity index (χ0) is 22.1. The van der Waals surface area contributed by atoms with Gasteiger partial charge in [-0.05, 0) is 48.9 Å². The Balaban J connectivity index is 1.51. The van der Waals surface area contributed by atoms with Gasteiger partial charge in [0, 0.05) is 16.1 Å². The highest BCUT2D eigenvalue weighted by atomic mass is 79.9. The van der Waals surface area contributed by atoms with Crippen LogP contribution in [0, 0.1) is 6.92 Å². The zero-order valence-electron chi connectivity index (χ0n) is 16.6. The first-order valence-corrected chi connectivity index (χ1v) is 10.0. The molecule has 0 aliphatic carbocycles. The van der Waals surface area contributed by atoms with E-state index in [0.29, 0.717) is 11.5 Å². The van der Waals surface area contributed by atoms with Gasteiger partial charge in [0.25, 0.3) is 5.91 Å². The summed E-state index contributed by atoms with van der Waals surface area (Å²) >= 11 is 3.52. The summed E-state index contributed by atoms with van der Waals surface area (Å²) in [5.41, 5.74) is 2.06.